The van der Waals surface area contributed by atoms with E-state index in [0.717, 1.165) is 31.8 Å². The van der Waals surface area contributed by atoms with Crippen LogP contribution in [-0.2, 0) is 4.79 Å². The van der Waals surface area contributed by atoms with Gasteiger partial charge in [0.15, 0.2) is 0 Å². The molecule has 1 atom stereocenters. The number of rotatable bonds is 6. The first kappa shape index (κ1) is 15.4. The highest BCUT2D eigenvalue weighted by Gasteiger charge is 2.43. The van der Waals surface area contributed by atoms with Crippen LogP contribution in [0.25, 0.3) is 0 Å². The van der Waals surface area contributed by atoms with Gasteiger partial charge >= 0.3 is 0 Å². The Labute approximate surface area is 125 Å². The van der Waals surface area contributed by atoms with Crippen molar-refractivity contribution in [2.75, 3.05) is 25.4 Å². The maximum absolute atomic E-state index is 12.5. The van der Waals surface area contributed by atoms with E-state index in [1.54, 1.807) is 11.8 Å². The van der Waals surface area contributed by atoms with Crippen LogP contribution in [0.15, 0.2) is 35.2 Å². The first-order valence-corrected chi connectivity index (χ1v) is 8.30. The SMILES string of the molecule is CC(C)C1(C(=O)NCCSc2ccccc2)CCNC1. The summed E-state index contributed by atoms with van der Waals surface area (Å²) in [6, 6.07) is 10.3. The number of hydrogen-bond donors (Lipinski definition) is 2. The molecular formula is C16H24N2OS. The Balaban J connectivity index is 1.77. The third-order valence-corrected chi connectivity index (χ3v) is 5.16. The normalized spacial score (nSPS) is 22.1. The Morgan fingerprint density at radius 1 is 1.40 bits per heavy atom. The fourth-order valence-corrected chi connectivity index (χ4v) is 3.48. The Kier molecular flexibility index (Phi) is 5.49. The minimum atomic E-state index is -0.211. The molecule has 0 saturated carbocycles. The number of thioether (sulfide) groups is 1. The number of benzene rings is 1. The smallest absolute Gasteiger partial charge is 0.227 e. The van der Waals surface area contributed by atoms with Crippen molar-refractivity contribution in [2.45, 2.75) is 25.2 Å². The first-order chi connectivity index (χ1) is 9.65. The molecule has 1 amide bonds. The lowest BCUT2D eigenvalue weighted by atomic mass is 9.75. The maximum atomic E-state index is 12.5. The largest absolute Gasteiger partial charge is 0.355 e. The topological polar surface area (TPSA) is 41.1 Å². The molecule has 0 aromatic heterocycles. The van der Waals surface area contributed by atoms with Crippen LogP contribution in [0.3, 0.4) is 0 Å². The van der Waals surface area contributed by atoms with E-state index < -0.39 is 0 Å². The fraction of sp³-hybridized carbons (Fsp3) is 0.562. The molecule has 20 heavy (non-hydrogen) atoms. The molecule has 1 aliphatic rings. The minimum absolute atomic E-state index is 0.211. The van der Waals surface area contributed by atoms with Crippen molar-refractivity contribution in [3.8, 4) is 0 Å². The molecule has 4 heteroatoms. The molecule has 2 N–H and O–H groups in total. The number of hydrogen-bond acceptors (Lipinski definition) is 3. The second kappa shape index (κ2) is 7.14. The van der Waals surface area contributed by atoms with E-state index in [1.165, 1.54) is 4.90 Å². The molecule has 0 aliphatic carbocycles. The summed E-state index contributed by atoms with van der Waals surface area (Å²) in [5, 5.41) is 6.44. The van der Waals surface area contributed by atoms with Gasteiger partial charge < -0.3 is 10.6 Å². The third kappa shape index (κ3) is 3.55. The molecule has 3 nitrogen and oxygen atoms in total. The van der Waals surface area contributed by atoms with Gasteiger partial charge in [0.2, 0.25) is 5.91 Å². The van der Waals surface area contributed by atoms with E-state index in [9.17, 15) is 4.79 Å². The first-order valence-electron chi connectivity index (χ1n) is 7.32. The van der Waals surface area contributed by atoms with Gasteiger partial charge in [0.1, 0.15) is 0 Å². The minimum Gasteiger partial charge on any atom is -0.355 e. The zero-order chi connectivity index (χ0) is 14.4. The van der Waals surface area contributed by atoms with Gasteiger partial charge in [0, 0.05) is 23.7 Å². The van der Waals surface area contributed by atoms with Crippen LogP contribution in [0.5, 0.6) is 0 Å². The molecular weight excluding hydrogens is 268 g/mol. The number of nitrogens with one attached hydrogen (secondary N) is 2. The lowest BCUT2D eigenvalue weighted by molar-refractivity contribution is -0.132. The number of carbonyl (C=O) groups excluding carboxylic acids is 1. The van der Waals surface area contributed by atoms with Crippen molar-refractivity contribution in [2.24, 2.45) is 11.3 Å². The molecule has 110 valence electrons. The lowest BCUT2D eigenvalue weighted by Crippen LogP contribution is -2.46. The summed E-state index contributed by atoms with van der Waals surface area (Å²) in [6.07, 6.45) is 0.947. The second-order valence-electron chi connectivity index (χ2n) is 5.66. The highest BCUT2D eigenvalue weighted by atomic mass is 32.2. The van der Waals surface area contributed by atoms with Crippen LogP contribution < -0.4 is 10.6 Å². The standard InChI is InChI=1S/C16H24N2OS/c1-13(2)16(8-9-17-12-16)15(19)18-10-11-20-14-6-4-3-5-7-14/h3-7,13,17H,8-12H2,1-2H3,(H,18,19). The van der Waals surface area contributed by atoms with Gasteiger partial charge in [-0.2, -0.15) is 0 Å². The highest BCUT2D eigenvalue weighted by molar-refractivity contribution is 7.99. The molecule has 1 heterocycles. The van der Waals surface area contributed by atoms with Gasteiger partial charge in [0.05, 0.1) is 5.41 Å². The predicted molar refractivity (Wildman–Crippen MR) is 84.9 cm³/mol. The van der Waals surface area contributed by atoms with Crippen molar-refractivity contribution in [1.82, 2.24) is 10.6 Å². The Morgan fingerprint density at radius 2 is 2.15 bits per heavy atom. The number of carbonyl (C=O) groups is 1. The summed E-state index contributed by atoms with van der Waals surface area (Å²) in [5.41, 5.74) is -0.211. The molecule has 0 spiro atoms. The molecule has 1 fully saturated rings. The van der Waals surface area contributed by atoms with Crippen molar-refractivity contribution in [3.63, 3.8) is 0 Å². The lowest BCUT2D eigenvalue weighted by Gasteiger charge is -2.31. The summed E-state index contributed by atoms with van der Waals surface area (Å²) in [5.74, 6) is 1.50. The predicted octanol–water partition coefficient (Wildman–Crippen LogP) is 2.53. The van der Waals surface area contributed by atoms with E-state index in [-0.39, 0.29) is 11.3 Å². The molecule has 1 aliphatic heterocycles. The van der Waals surface area contributed by atoms with Gasteiger partial charge in [-0.25, -0.2) is 0 Å². The maximum Gasteiger partial charge on any atom is 0.227 e. The monoisotopic (exact) mass is 292 g/mol. The van der Waals surface area contributed by atoms with E-state index in [4.69, 9.17) is 0 Å². The van der Waals surface area contributed by atoms with Crippen molar-refractivity contribution < 1.29 is 4.79 Å². The molecule has 1 aromatic carbocycles. The van der Waals surface area contributed by atoms with Gasteiger partial charge in [-0.15, -0.1) is 11.8 Å². The van der Waals surface area contributed by atoms with Gasteiger partial charge in [0.25, 0.3) is 0 Å². The van der Waals surface area contributed by atoms with E-state index in [0.29, 0.717) is 5.92 Å². The fourth-order valence-electron chi connectivity index (χ4n) is 2.69. The highest BCUT2D eigenvalue weighted by Crippen LogP contribution is 2.34. The molecule has 0 radical (unpaired) electrons. The second-order valence-corrected chi connectivity index (χ2v) is 6.82. The summed E-state index contributed by atoms with van der Waals surface area (Å²) in [6.45, 7) is 6.77. The van der Waals surface area contributed by atoms with Crippen LogP contribution in [0, 0.1) is 11.3 Å². The Morgan fingerprint density at radius 3 is 2.75 bits per heavy atom. The zero-order valence-electron chi connectivity index (χ0n) is 12.3. The van der Waals surface area contributed by atoms with Crippen LogP contribution in [0.2, 0.25) is 0 Å². The summed E-state index contributed by atoms with van der Waals surface area (Å²) >= 11 is 1.78. The van der Waals surface area contributed by atoms with E-state index in [1.807, 2.05) is 18.2 Å². The molecule has 1 saturated heterocycles. The Bertz CT molecular complexity index is 427. The van der Waals surface area contributed by atoms with Gasteiger partial charge in [-0.05, 0) is 31.0 Å². The molecule has 1 unspecified atom stereocenters. The average molecular weight is 292 g/mol. The quantitative estimate of drug-likeness (QED) is 0.625. The average Bonchev–Trinajstić information content (AvgIpc) is 2.95. The zero-order valence-corrected chi connectivity index (χ0v) is 13.1. The van der Waals surface area contributed by atoms with Crippen LogP contribution in [0.1, 0.15) is 20.3 Å². The van der Waals surface area contributed by atoms with E-state index >= 15 is 0 Å². The van der Waals surface area contributed by atoms with Gasteiger partial charge in [-0.3, -0.25) is 4.79 Å². The molecule has 1 aromatic rings. The number of amides is 1. The van der Waals surface area contributed by atoms with Crippen molar-refractivity contribution >= 4 is 17.7 Å². The summed E-state index contributed by atoms with van der Waals surface area (Å²) < 4.78 is 0. The summed E-state index contributed by atoms with van der Waals surface area (Å²) in [4.78, 5) is 13.7. The molecule has 0 bridgehead atoms. The van der Waals surface area contributed by atoms with Crippen molar-refractivity contribution in [3.05, 3.63) is 30.3 Å². The van der Waals surface area contributed by atoms with Crippen molar-refractivity contribution in [1.29, 1.82) is 0 Å². The van der Waals surface area contributed by atoms with E-state index in [2.05, 4.69) is 36.6 Å². The van der Waals surface area contributed by atoms with Crippen LogP contribution in [-0.4, -0.2) is 31.3 Å². The molecule has 2 rings (SSSR count). The van der Waals surface area contributed by atoms with Crippen LogP contribution in [0.4, 0.5) is 0 Å². The van der Waals surface area contributed by atoms with Gasteiger partial charge in [-0.1, -0.05) is 32.0 Å². The Hall–Kier alpha value is -1.00. The third-order valence-electron chi connectivity index (χ3n) is 4.15. The van der Waals surface area contributed by atoms with Crippen LogP contribution >= 0.6 is 11.8 Å². The summed E-state index contributed by atoms with van der Waals surface area (Å²) in [7, 11) is 0.